The van der Waals surface area contributed by atoms with Crippen molar-refractivity contribution in [3.05, 3.63) is 58.7 Å². The van der Waals surface area contributed by atoms with E-state index in [0.717, 1.165) is 4.90 Å². The van der Waals surface area contributed by atoms with Gasteiger partial charge < -0.3 is 4.74 Å². The lowest BCUT2D eigenvalue weighted by molar-refractivity contribution is 0.0434. The third kappa shape index (κ3) is 2.73. The first-order valence-corrected chi connectivity index (χ1v) is 9.89. The Balaban J connectivity index is 1.65. The third-order valence-electron chi connectivity index (χ3n) is 6.22. The summed E-state index contributed by atoms with van der Waals surface area (Å²) in [7, 11) is 1.43. The number of benzene rings is 2. The van der Waals surface area contributed by atoms with Gasteiger partial charge in [-0.3, -0.25) is 29.0 Å². The molecule has 2 aromatic carbocycles. The van der Waals surface area contributed by atoms with Crippen LogP contribution in [0, 0.1) is 0 Å². The van der Waals surface area contributed by atoms with Crippen LogP contribution in [0.2, 0.25) is 0 Å². The second-order valence-electron chi connectivity index (χ2n) is 7.84. The van der Waals surface area contributed by atoms with Crippen LogP contribution in [0.25, 0.3) is 0 Å². The summed E-state index contributed by atoms with van der Waals surface area (Å²) in [5.41, 5.74) is 0.723. The highest BCUT2D eigenvalue weighted by atomic mass is 16.5. The van der Waals surface area contributed by atoms with Crippen LogP contribution in [0.3, 0.4) is 0 Å². The van der Waals surface area contributed by atoms with E-state index < -0.39 is 5.54 Å². The van der Waals surface area contributed by atoms with E-state index in [0.29, 0.717) is 41.0 Å². The van der Waals surface area contributed by atoms with Crippen molar-refractivity contribution in [2.75, 3.05) is 7.05 Å². The Labute approximate surface area is 174 Å². The van der Waals surface area contributed by atoms with Crippen LogP contribution in [-0.2, 0) is 0 Å². The fraction of sp³-hybridized carbons (Fsp3) is 0.304. The monoisotopic (exact) mass is 406 g/mol. The standard InChI is InChI=1S/C23H22N2O5/c1-5-23(3,6-2)25-21(28)16-10-8-14(12-18(16)22(25)29)30-13-7-9-15-17(11-13)20(27)24(4)19(15)26/h7-12H,5-6H2,1-4H3. The molecule has 2 aromatic rings. The predicted molar refractivity (Wildman–Crippen MR) is 109 cm³/mol. The topological polar surface area (TPSA) is 84.0 Å². The molecule has 0 fully saturated rings. The Kier molecular flexibility index (Phi) is 4.49. The maximum absolute atomic E-state index is 13.0. The van der Waals surface area contributed by atoms with Crippen molar-refractivity contribution in [3.8, 4) is 11.5 Å². The summed E-state index contributed by atoms with van der Waals surface area (Å²) in [5, 5.41) is 0. The van der Waals surface area contributed by atoms with Crippen molar-refractivity contribution in [2.24, 2.45) is 0 Å². The molecule has 0 saturated heterocycles. The summed E-state index contributed by atoms with van der Waals surface area (Å²) in [6.45, 7) is 5.82. The van der Waals surface area contributed by atoms with E-state index in [4.69, 9.17) is 4.74 Å². The van der Waals surface area contributed by atoms with E-state index in [1.165, 1.54) is 18.0 Å². The fourth-order valence-electron chi connectivity index (χ4n) is 3.88. The smallest absolute Gasteiger partial charge is 0.262 e. The molecule has 0 aliphatic carbocycles. The number of amides is 4. The predicted octanol–water partition coefficient (Wildman–Crippen LogP) is 3.88. The molecule has 0 aromatic heterocycles. The highest BCUT2D eigenvalue weighted by Crippen LogP contribution is 2.36. The second kappa shape index (κ2) is 6.79. The molecule has 7 heteroatoms. The van der Waals surface area contributed by atoms with E-state index in [2.05, 4.69) is 0 Å². The summed E-state index contributed by atoms with van der Waals surface area (Å²) in [5.74, 6) is -0.620. The van der Waals surface area contributed by atoms with Crippen molar-refractivity contribution in [1.82, 2.24) is 9.80 Å². The van der Waals surface area contributed by atoms with E-state index in [-0.39, 0.29) is 29.2 Å². The lowest BCUT2D eigenvalue weighted by Crippen LogP contribution is -2.48. The van der Waals surface area contributed by atoms with Crippen LogP contribution in [0.1, 0.15) is 75.0 Å². The average Bonchev–Trinajstić information content (AvgIpc) is 3.13. The molecular weight excluding hydrogens is 384 g/mol. The van der Waals surface area contributed by atoms with Crippen LogP contribution in [-0.4, -0.2) is 46.0 Å². The zero-order valence-electron chi connectivity index (χ0n) is 17.3. The SMILES string of the molecule is CCC(C)(CC)N1C(=O)c2ccc(Oc3ccc4c(c3)C(=O)N(C)C4=O)cc2C1=O. The van der Waals surface area contributed by atoms with Crippen LogP contribution in [0.15, 0.2) is 36.4 Å². The van der Waals surface area contributed by atoms with Gasteiger partial charge in [-0.15, -0.1) is 0 Å². The maximum Gasteiger partial charge on any atom is 0.262 e. The number of nitrogens with zero attached hydrogens (tertiary/aromatic N) is 2. The highest BCUT2D eigenvalue weighted by molar-refractivity contribution is 6.22. The van der Waals surface area contributed by atoms with Crippen molar-refractivity contribution in [1.29, 1.82) is 0 Å². The van der Waals surface area contributed by atoms with Gasteiger partial charge in [0.15, 0.2) is 0 Å². The van der Waals surface area contributed by atoms with Gasteiger partial charge in [0.2, 0.25) is 0 Å². The van der Waals surface area contributed by atoms with Crippen LogP contribution >= 0.6 is 0 Å². The van der Waals surface area contributed by atoms with E-state index in [1.807, 2.05) is 20.8 Å². The Morgan fingerprint density at radius 2 is 1.17 bits per heavy atom. The lowest BCUT2D eigenvalue weighted by atomic mass is 9.93. The molecule has 0 saturated carbocycles. The zero-order chi connectivity index (χ0) is 21.8. The van der Waals surface area contributed by atoms with Gasteiger partial charge in [0.05, 0.1) is 22.3 Å². The van der Waals surface area contributed by atoms with Crippen molar-refractivity contribution >= 4 is 23.6 Å². The largest absolute Gasteiger partial charge is 0.457 e. The summed E-state index contributed by atoms with van der Waals surface area (Å²) >= 11 is 0. The zero-order valence-corrected chi connectivity index (χ0v) is 17.3. The number of hydrogen-bond donors (Lipinski definition) is 0. The molecule has 2 aliphatic rings. The quantitative estimate of drug-likeness (QED) is 0.704. The minimum absolute atomic E-state index is 0.278. The second-order valence-corrected chi connectivity index (χ2v) is 7.84. The van der Waals surface area contributed by atoms with Crippen molar-refractivity contribution < 1.29 is 23.9 Å². The molecule has 0 unspecified atom stereocenters. The maximum atomic E-state index is 13.0. The van der Waals surface area contributed by atoms with Gasteiger partial charge in [-0.25, -0.2) is 0 Å². The number of carbonyl (C=O) groups excluding carboxylic acids is 4. The van der Waals surface area contributed by atoms with Gasteiger partial charge in [-0.05, 0) is 56.2 Å². The molecule has 2 aliphatic heterocycles. The number of fused-ring (bicyclic) bond motifs is 2. The molecule has 0 spiro atoms. The molecule has 0 N–H and O–H groups in total. The number of carbonyl (C=O) groups is 4. The Morgan fingerprint density at radius 3 is 1.70 bits per heavy atom. The van der Waals surface area contributed by atoms with Crippen LogP contribution in [0.4, 0.5) is 0 Å². The van der Waals surface area contributed by atoms with E-state index in [9.17, 15) is 19.2 Å². The van der Waals surface area contributed by atoms with Gasteiger partial charge in [-0.2, -0.15) is 0 Å². The van der Waals surface area contributed by atoms with Gasteiger partial charge in [0, 0.05) is 12.6 Å². The first-order valence-electron chi connectivity index (χ1n) is 9.89. The average molecular weight is 406 g/mol. The Hall–Kier alpha value is -3.48. The van der Waals surface area contributed by atoms with Crippen molar-refractivity contribution in [2.45, 2.75) is 39.2 Å². The number of hydrogen-bond acceptors (Lipinski definition) is 5. The molecule has 4 amide bonds. The summed E-state index contributed by atoms with van der Waals surface area (Å²) in [4.78, 5) is 52.5. The van der Waals surface area contributed by atoms with E-state index in [1.54, 1.807) is 30.3 Å². The van der Waals surface area contributed by atoms with Gasteiger partial charge in [-0.1, -0.05) is 13.8 Å². The molecular formula is C23H22N2O5. The number of imide groups is 2. The molecule has 154 valence electrons. The van der Waals surface area contributed by atoms with E-state index >= 15 is 0 Å². The summed E-state index contributed by atoms with van der Waals surface area (Å²) in [6, 6.07) is 9.42. The minimum Gasteiger partial charge on any atom is -0.457 e. The minimum atomic E-state index is -0.548. The molecule has 7 nitrogen and oxygen atoms in total. The molecule has 2 heterocycles. The van der Waals surface area contributed by atoms with Gasteiger partial charge in [0.1, 0.15) is 11.5 Å². The normalized spacial score (nSPS) is 15.7. The fourth-order valence-corrected chi connectivity index (χ4v) is 3.88. The number of rotatable bonds is 5. The van der Waals surface area contributed by atoms with Gasteiger partial charge >= 0.3 is 0 Å². The molecule has 0 atom stereocenters. The van der Waals surface area contributed by atoms with Crippen LogP contribution < -0.4 is 4.74 Å². The molecule has 0 bridgehead atoms. The first-order chi connectivity index (χ1) is 14.2. The third-order valence-corrected chi connectivity index (χ3v) is 6.22. The Morgan fingerprint density at radius 1 is 0.733 bits per heavy atom. The summed E-state index contributed by atoms with van der Waals surface area (Å²) < 4.78 is 5.84. The van der Waals surface area contributed by atoms with Gasteiger partial charge in [0.25, 0.3) is 23.6 Å². The molecule has 30 heavy (non-hydrogen) atoms. The van der Waals surface area contributed by atoms with Crippen molar-refractivity contribution in [3.63, 3.8) is 0 Å². The summed E-state index contributed by atoms with van der Waals surface area (Å²) in [6.07, 6.45) is 1.32. The highest BCUT2D eigenvalue weighted by Gasteiger charge is 2.44. The molecule has 4 rings (SSSR count). The van der Waals surface area contributed by atoms with Crippen LogP contribution in [0.5, 0.6) is 11.5 Å². The Bertz CT molecular complexity index is 1120. The molecule has 0 radical (unpaired) electrons. The lowest BCUT2D eigenvalue weighted by Gasteiger charge is -2.35. The number of ether oxygens (including phenoxy) is 1. The first kappa shape index (κ1) is 19.8.